The molecule has 0 saturated carbocycles. The number of rotatable bonds is 6. The maximum absolute atomic E-state index is 11.7. The Balaban J connectivity index is 1.72. The van der Waals surface area contributed by atoms with Crippen LogP contribution in [0.2, 0.25) is 5.02 Å². The van der Waals surface area contributed by atoms with Crippen LogP contribution in [-0.2, 0) is 4.79 Å². The second kappa shape index (κ2) is 8.21. The second-order valence-corrected chi connectivity index (χ2v) is 5.38. The molecule has 0 bridgehead atoms. The van der Waals surface area contributed by atoms with Crippen LogP contribution in [0.3, 0.4) is 0 Å². The number of esters is 1. The first-order valence-corrected chi connectivity index (χ1v) is 7.56. The lowest BCUT2D eigenvalue weighted by molar-refractivity contribution is -0.134. The zero-order valence-electron chi connectivity index (χ0n) is 12.7. The van der Waals surface area contributed by atoms with Crippen molar-refractivity contribution in [1.29, 1.82) is 5.26 Å². The monoisotopic (exact) mass is 329 g/mol. The Morgan fingerprint density at radius 3 is 2.52 bits per heavy atom. The maximum Gasteiger partial charge on any atom is 0.311 e. The smallest absolute Gasteiger partial charge is 0.311 e. The van der Waals surface area contributed by atoms with Crippen LogP contribution in [0, 0.1) is 18.3 Å². The highest BCUT2D eigenvalue weighted by molar-refractivity contribution is 6.31. The summed E-state index contributed by atoms with van der Waals surface area (Å²) in [7, 11) is 0. The molecule has 0 radical (unpaired) electrons. The lowest BCUT2D eigenvalue weighted by atomic mass is 10.2. The van der Waals surface area contributed by atoms with Gasteiger partial charge in [-0.15, -0.1) is 0 Å². The van der Waals surface area contributed by atoms with E-state index in [2.05, 4.69) is 0 Å². The Morgan fingerprint density at radius 2 is 1.87 bits per heavy atom. The molecule has 5 heteroatoms. The third-order valence-corrected chi connectivity index (χ3v) is 3.56. The van der Waals surface area contributed by atoms with E-state index in [9.17, 15) is 4.79 Å². The minimum absolute atomic E-state index is 0.257. The fraction of sp³-hybridized carbons (Fsp3) is 0.222. The Labute approximate surface area is 140 Å². The van der Waals surface area contributed by atoms with E-state index in [1.165, 1.54) is 0 Å². The van der Waals surface area contributed by atoms with Gasteiger partial charge in [0.1, 0.15) is 11.5 Å². The average Bonchev–Trinajstić information content (AvgIpc) is 2.55. The minimum atomic E-state index is -0.328. The summed E-state index contributed by atoms with van der Waals surface area (Å²) in [5.74, 6) is 0.834. The highest BCUT2D eigenvalue weighted by Gasteiger charge is 2.05. The summed E-state index contributed by atoms with van der Waals surface area (Å²) in [5, 5.41) is 9.40. The van der Waals surface area contributed by atoms with Gasteiger partial charge in [-0.2, -0.15) is 5.26 Å². The average molecular weight is 330 g/mol. The van der Waals surface area contributed by atoms with Crippen molar-refractivity contribution >= 4 is 17.6 Å². The van der Waals surface area contributed by atoms with Gasteiger partial charge in [0.2, 0.25) is 0 Å². The molecule has 118 valence electrons. The standard InChI is InChI=1S/C18H16ClNO3/c1-13-11-16(8-9-17(13)19)22-10-2-3-18(21)23-15-6-4-14(12-20)5-7-15/h4-9,11H,2-3,10H2,1H3. The van der Waals surface area contributed by atoms with E-state index in [0.717, 1.165) is 11.3 Å². The van der Waals surface area contributed by atoms with Crippen LogP contribution in [0.15, 0.2) is 42.5 Å². The molecule has 0 fully saturated rings. The topological polar surface area (TPSA) is 59.3 Å². The summed E-state index contributed by atoms with van der Waals surface area (Å²) in [6, 6.07) is 13.9. The summed E-state index contributed by atoms with van der Waals surface area (Å²) < 4.78 is 10.7. The van der Waals surface area contributed by atoms with E-state index >= 15 is 0 Å². The number of ether oxygens (including phenoxy) is 2. The van der Waals surface area contributed by atoms with Crippen LogP contribution < -0.4 is 9.47 Å². The molecule has 0 saturated heterocycles. The molecule has 0 heterocycles. The number of benzene rings is 2. The van der Waals surface area contributed by atoms with Gasteiger partial charge in [0.05, 0.1) is 18.2 Å². The molecule has 0 atom stereocenters. The van der Waals surface area contributed by atoms with E-state index < -0.39 is 0 Å². The maximum atomic E-state index is 11.7. The van der Waals surface area contributed by atoms with Gasteiger partial charge in [-0.1, -0.05) is 11.6 Å². The molecule has 4 nitrogen and oxygen atoms in total. The van der Waals surface area contributed by atoms with Crippen molar-refractivity contribution in [2.24, 2.45) is 0 Å². The molecule has 2 rings (SSSR count). The molecule has 23 heavy (non-hydrogen) atoms. The van der Waals surface area contributed by atoms with Crippen molar-refractivity contribution in [3.05, 3.63) is 58.6 Å². The minimum Gasteiger partial charge on any atom is -0.494 e. The lowest BCUT2D eigenvalue weighted by Crippen LogP contribution is -2.10. The molecule has 0 aliphatic carbocycles. The van der Waals surface area contributed by atoms with Gasteiger partial charge in [0.15, 0.2) is 0 Å². The molecule has 0 aromatic heterocycles. The van der Waals surface area contributed by atoms with Crippen LogP contribution in [0.5, 0.6) is 11.5 Å². The van der Waals surface area contributed by atoms with Crippen molar-refractivity contribution in [2.75, 3.05) is 6.61 Å². The summed E-state index contributed by atoms with van der Waals surface area (Å²) in [4.78, 5) is 11.7. The van der Waals surface area contributed by atoms with E-state index in [1.807, 2.05) is 19.1 Å². The van der Waals surface area contributed by atoms with Crippen LogP contribution >= 0.6 is 11.6 Å². The number of aryl methyl sites for hydroxylation is 1. The second-order valence-electron chi connectivity index (χ2n) is 4.97. The van der Waals surface area contributed by atoms with Crippen molar-refractivity contribution in [1.82, 2.24) is 0 Å². The predicted molar refractivity (Wildman–Crippen MR) is 87.7 cm³/mol. The number of nitriles is 1. The zero-order chi connectivity index (χ0) is 16.7. The molecule has 0 spiro atoms. The molecule has 0 N–H and O–H groups in total. The summed E-state index contributed by atoms with van der Waals surface area (Å²) in [5.41, 5.74) is 1.47. The van der Waals surface area contributed by atoms with Gasteiger partial charge in [0.25, 0.3) is 0 Å². The largest absolute Gasteiger partial charge is 0.494 e. The Morgan fingerprint density at radius 1 is 1.17 bits per heavy atom. The van der Waals surface area contributed by atoms with Gasteiger partial charge in [-0.25, -0.2) is 0 Å². The third kappa shape index (κ3) is 5.32. The number of nitrogens with zero attached hydrogens (tertiary/aromatic N) is 1. The van der Waals surface area contributed by atoms with Gasteiger partial charge in [-0.3, -0.25) is 4.79 Å². The van der Waals surface area contributed by atoms with Crippen molar-refractivity contribution < 1.29 is 14.3 Å². The summed E-state index contributed by atoms with van der Waals surface area (Å²) >= 11 is 5.95. The molecule has 0 aliphatic rings. The first kappa shape index (κ1) is 16.9. The van der Waals surface area contributed by atoms with Gasteiger partial charge in [0, 0.05) is 11.4 Å². The summed E-state index contributed by atoms with van der Waals surface area (Å²) in [6.07, 6.45) is 0.809. The fourth-order valence-electron chi connectivity index (χ4n) is 1.89. The number of hydrogen-bond donors (Lipinski definition) is 0. The highest BCUT2D eigenvalue weighted by atomic mass is 35.5. The number of carbonyl (C=O) groups excluding carboxylic acids is 1. The molecule has 0 amide bonds. The lowest BCUT2D eigenvalue weighted by Gasteiger charge is -2.08. The van der Waals surface area contributed by atoms with E-state index in [4.69, 9.17) is 26.3 Å². The SMILES string of the molecule is Cc1cc(OCCCC(=O)Oc2ccc(C#N)cc2)ccc1Cl. The predicted octanol–water partition coefficient (Wildman–Crippen LogP) is 4.28. The van der Waals surface area contributed by atoms with Gasteiger partial charge < -0.3 is 9.47 Å². The first-order valence-electron chi connectivity index (χ1n) is 7.18. The first-order chi connectivity index (χ1) is 11.1. The van der Waals surface area contributed by atoms with Crippen LogP contribution in [0.4, 0.5) is 0 Å². The highest BCUT2D eigenvalue weighted by Crippen LogP contribution is 2.21. The number of carbonyl (C=O) groups is 1. The van der Waals surface area contributed by atoms with Crippen molar-refractivity contribution in [3.63, 3.8) is 0 Å². The zero-order valence-corrected chi connectivity index (χ0v) is 13.5. The van der Waals surface area contributed by atoms with Crippen LogP contribution in [-0.4, -0.2) is 12.6 Å². The number of halogens is 1. The van der Waals surface area contributed by atoms with Crippen molar-refractivity contribution in [3.8, 4) is 17.6 Å². The molecule has 2 aromatic rings. The Kier molecular flexibility index (Phi) is 6.02. The van der Waals surface area contributed by atoms with Gasteiger partial charge >= 0.3 is 5.97 Å². The van der Waals surface area contributed by atoms with Crippen molar-refractivity contribution in [2.45, 2.75) is 19.8 Å². The molecule has 0 unspecified atom stereocenters. The molecular weight excluding hydrogens is 314 g/mol. The molecule has 2 aromatic carbocycles. The van der Waals surface area contributed by atoms with E-state index in [1.54, 1.807) is 36.4 Å². The number of hydrogen-bond acceptors (Lipinski definition) is 4. The molecule has 0 aliphatic heterocycles. The van der Waals surface area contributed by atoms with E-state index in [0.29, 0.717) is 29.4 Å². The van der Waals surface area contributed by atoms with E-state index in [-0.39, 0.29) is 12.4 Å². The van der Waals surface area contributed by atoms with Gasteiger partial charge in [-0.05, 0) is 61.4 Å². The quantitative estimate of drug-likeness (QED) is 0.451. The normalized spacial score (nSPS) is 9.96. The third-order valence-electron chi connectivity index (χ3n) is 3.14. The Bertz CT molecular complexity index is 720. The fourth-order valence-corrected chi connectivity index (χ4v) is 2.01. The van der Waals surface area contributed by atoms with Crippen LogP contribution in [0.1, 0.15) is 24.0 Å². The summed E-state index contributed by atoms with van der Waals surface area (Å²) in [6.45, 7) is 2.33. The molecular formula is C18H16ClNO3. The Hall–Kier alpha value is -2.51. The van der Waals surface area contributed by atoms with Crippen LogP contribution in [0.25, 0.3) is 0 Å².